The van der Waals surface area contributed by atoms with Gasteiger partial charge in [0.25, 0.3) is 0 Å². The summed E-state index contributed by atoms with van der Waals surface area (Å²) in [5, 5.41) is 18.9. The number of aliphatic hydroxyl groups is 1. The first-order valence-electron chi connectivity index (χ1n) is 5.59. The van der Waals surface area contributed by atoms with E-state index in [2.05, 4.69) is 0 Å². The van der Waals surface area contributed by atoms with Crippen LogP contribution in [0.25, 0.3) is 0 Å². The quantitative estimate of drug-likeness (QED) is 0.816. The standard InChI is InChI=1S/C13H17NO2S/c1-3-8-13(15,9-14)10-17(16)12-6-4-11(2)5-7-12/h4-7,15H,3,8,10H2,1-2H3/t13-,17?/m0/s1. The molecule has 0 radical (unpaired) electrons. The summed E-state index contributed by atoms with van der Waals surface area (Å²) in [7, 11) is -1.33. The van der Waals surface area contributed by atoms with Crippen LogP contribution in [-0.4, -0.2) is 20.7 Å². The maximum absolute atomic E-state index is 12.0. The van der Waals surface area contributed by atoms with Crippen LogP contribution < -0.4 is 0 Å². The summed E-state index contributed by atoms with van der Waals surface area (Å²) in [4.78, 5) is 0.653. The van der Waals surface area contributed by atoms with Crippen molar-refractivity contribution in [1.82, 2.24) is 0 Å². The second kappa shape index (κ2) is 5.95. The first kappa shape index (κ1) is 13.9. The van der Waals surface area contributed by atoms with Crippen LogP contribution in [-0.2, 0) is 10.8 Å². The Bertz CT molecular complexity index is 436. The molecule has 0 saturated carbocycles. The molecule has 0 amide bonds. The van der Waals surface area contributed by atoms with E-state index in [9.17, 15) is 9.32 Å². The van der Waals surface area contributed by atoms with Crippen LogP contribution in [0.3, 0.4) is 0 Å². The average molecular weight is 251 g/mol. The van der Waals surface area contributed by atoms with Gasteiger partial charge >= 0.3 is 0 Å². The van der Waals surface area contributed by atoms with E-state index in [1.54, 1.807) is 12.1 Å². The van der Waals surface area contributed by atoms with Crippen LogP contribution in [0.5, 0.6) is 0 Å². The minimum Gasteiger partial charge on any atom is -0.374 e. The summed E-state index contributed by atoms with van der Waals surface area (Å²) in [6, 6.07) is 9.15. The Balaban J connectivity index is 2.78. The molecule has 1 aromatic carbocycles. The largest absolute Gasteiger partial charge is 0.374 e. The lowest BCUT2D eigenvalue weighted by Crippen LogP contribution is -2.33. The van der Waals surface area contributed by atoms with Crippen molar-refractivity contribution in [3.05, 3.63) is 29.8 Å². The Morgan fingerprint density at radius 1 is 1.41 bits per heavy atom. The van der Waals surface area contributed by atoms with Gasteiger partial charge in [0, 0.05) is 4.90 Å². The minimum absolute atomic E-state index is 0.0274. The zero-order chi connectivity index (χ0) is 12.9. The molecular weight excluding hydrogens is 234 g/mol. The first-order chi connectivity index (χ1) is 8.00. The molecule has 0 saturated heterocycles. The van der Waals surface area contributed by atoms with E-state index in [0.717, 1.165) is 5.56 Å². The molecule has 1 unspecified atom stereocenters. The fourth-order valence-electron chi connectivity index (χ4n) is 1.56. The zero-order valence-electron chi connectivity index (χ0n) is 10.1. The molecular formula is C13H17NO2S. The monoisotopic (exact) mass is 251 g/mol. The third-order valence-corrected chi connectivity index (χ3v) is 4.06. The van der Waals surface area contributed by atoms with Crippen molar-refractivity contribution in [1.29, 1.82) is 5.26 Å². The van der Waals surface area contributed by atoms with Crippen molar-refractivity contribution in [2.75, 3.05) is 5.75 Å². The molecule has 4 heteroatoms. The number of nitriles is 1. The van der Waals surface area contributed by atoms with E-state index < -0.39 is 16.4 Å². The van der Waals surface area contributed by atoms with Gasteiger partial charge < -0.3 is 5.11 Å². The minimum atomic E-state index is -1.48. The highest BCUT2D eigenvalue weighted by atomic mass is 32.2. The second-order valence-corrected chi connectivity index (χ2v) is 5.65. The van der Waals surface area contributed by atoms with Crippen molar-refractivity contribution >= 4 is 10.8 Å². The molecule has 17 heavy (non-hydrogen) atoms. The van der Waals surface area contributed by atoms with Crippen LogP contribution in [0.4, 0.5) is 0 Å². The van der Waals surface area contributed by atoms with Gasteiger partial charge in [0.2, 0.25) is 0 Å². The van der Waals surface area contributed by atoms with Crippen LogP contribution in [0.15, 0.2) is 29.2 Å². The van der Waals surface area contributed by atoms with Gasteiger partial charge in [0.05, 0.1) is 22.6 Å². The van der Waals surface area contributed by atoms with E-state index in [1.807, 2.05) is 32.0 Å². The highest BCUT2D eigenvalue weighted by molar-refractivity contribution is 7.85. The van der Waals surface area contributed by atoms with E-state index in [-0.39, 0.29) is 5.75 Å². The van der Waals surface area contributed by atoms with Crippen molar-refractivity contribution in [2.24, 2.45) is 0 Å². The molecule has 0 heterocycles. The predicted octanol–water partition coefficient (Wildman–Crippen LogP) is 2.16. The summed E-state index contributed by atoms with van der Waals surface area (Å²) in [5.74, 6) is -0.0274. The van der Waals surface area contributed by atoms with E-state index in [0.29, 0.717) is 17.7 Å². The van der Waals surface area contributed by atoms with Gasteiger partial charge in [-0.25, -0.2) is 0 Å². The van der Waals surface area contributed by atoms with Crippen molar-refractivity contribution < 1.29 is 9.32 Å². The molecule has 0 aliphatic heterocycles. The van der Waals surface area contributed by atoms with Gasteiger partial charge in [0.1, 0.15) is 0 Å². The average Bonchev–Trinajstić information content (AvgIpc) is 2.30. The molecule has 0 bridgehead atoms. The van der Waals surface area contributed by atoms with Gasteiger partial charge in [0.15, 0.2) is 5.60 Å². The molecule has 0 aliphatic carbocycles. The van der Waals surface area contributed by atoms with Gasteiger partial charge in [-0.3, -0.25) is 4.21 Å². The Kier molecular flexibility index (Phi) is 4.86. The molecule has 92 valence electrons. The van der Waals surface area contributed by atoms with Gasteiger partial charge in [-0.2, -0.15) is 5.26 Å². The molecule has 0 aliphatic rings. The second-order valence-electron chi connectivity index (χ2n) is 4.20. The highest BCUT2D eigenvalue weighted by Crippen LogP contribution is 2.17. The maximum Gasteiger partial charge on any atom is 0.162 e. The number of benzene rings is 1. The van der Waals surface area contributed by atoms with Crippen molar-refractivity contribution in [3.63, 3.8) is 0 Å². The molecule has 0 aromatic heterocycles. The van der Waals surface area contributed by atoms with Crippen molar-refractivity contribution in [2.45, 2.75) is 37.2 Å². The smallest absolute Gasteiger partial charge is 0.162 e. The predicted molar refractivity (Wildman–Crippen MR) is 67.9 cm³/mol. The van der Waals surface area contributed by atoms with Crippen LogP contribution in [0, 0.1) is 18.3 Å². The molecule has 0 fully saturated rings. The zero-order valence-corrected chi connectivity index (χ0v) is 11.0. The fourth-order valence-corrected chi connectivity index (χ4v) is 2.81. The number of nitrogens with zero attached hydrogens (tertiary/aromatic N) is 1. The molecule has 3 nitrogen and oxygen atoms in total. The molecule has 2 atom stereocenters. The number of hydrogen-bond acceptors (Lipinski definition) is 3. The summed E-state index contributed by atoms with van der Waals surface area (Å²) in [6.07, 6.45) is 1.04. The van der Waals surface area contributed by atoms with Gasteiger partial charge in [-0.1, -0.05) is 31.0 Å². The Morgan fingerprint density at radius 2 is 2.00 bits per heavy atom. The van der Waals surface area contributed by atoms with Crippen LogP contribution in [0.2, 0.25) is 0 Å². The summed E-state index contributed by atoms with van der Waals surface area (Å²) < 4.78 is 12.0. The summed E-state index contributed by atoms with van der Waals surface area (Å²) >= 11 is 0. The lowest BCUT2D eigenvalue weighted by Gasteiger charge is -2.18. The Labute approximate surface area is 105 Å². The van der Waals surface area contributed by atoms with Crippen LogP contribution in [0.1, 0.15) is 25.3 Å². The van der Waals surface area contributed by atoms with E-state index >= 15 is 0 Å². The molecule has 1 aromatic rings. The summed E-state index contributed by atoms with van der Waals surface area (Å²) in [6.45, 7) is 3.84. The normalized spacial score (nSPS) is 15.9. The van der Waals surface area contributed by atoms with Crippen molar-refractivity contribution in [3.8, 4) is 6.07 Å². The Hall–Kier alpha value is -1.18. The molecule has 1 N–H and O–H groups in total. The van der Waals surface area contributed by atoms with Gasteiger partial charge in [-0.15, -0.1) is 0 Å². The number of hydrogen-bond donors (Lipinski definition) is 1. The third kappa shape index (κ3) is 3.95. The molecule has 0 spiro atoms. The van der Waals surface area contributed by atoms with Crippen LogP contribution >= 0.6 is 0 Å². The third-order valence-electron chi connectivity index (χ3n) is 2.53. The highest BCUT2D eigenvalue weighted by Gasteiger charge is 2.28. The lowest BCUT2D eigenvalue weighted by molar-refractivity contribution is 0.113. The van der Waals surface area contributed by atoms with E-state index in [4.69, 9.17) is 5.26 Å². The fraction of sp³-hybridized carbons (Fsp3) is 0.462. The SMILES string of the molecule is CCC[C@](O)(C#N)CS(=O)c1ccc(C)cc1. The Morgan fingerprint density at radius 3 is 2.47 bits per heavy atom. The van der Waals surface area contributed by atoms with Gasteiger partial charge in [-0.05, 0) is 25.5 Å². The maximum atomic E-state index is 12.0. The molecule has 1 rings (SSSR count). The lowest BCUT2D eigenvalue weighted by atomic mass is 10.0. The van der Waals surface area contributed by atoms with E-state index in [1.165, 1.54) is 0 Å². The number of rotatable bonds is 5. The number of aryl methyl sites for hydroxylation is 1. The topological polar surface area (TPSA) is 61.1 Å². The first-order valence-corrected chi connectivity index (χ1v) is 6.91. The summed E-state index contributed by atoms with van der Waals surface area (Å²) in [5.41, 5.74) is -0.389.